The molecule has 0 aliphatic carbocycles. The second-order valence-electron chi connectivity index (χ2n) is 7.19. The maximum atomic E-state index is 13.1. The van der Waals surface area contributed by atoms with E-state index in [1.807, 2.05) is 0 Å². The van der Waals surface area contributed by atoms with Crippen molar-refractivity contribution in [1.29, 1.82) is 0 Å². The number of amides is 2. The number of aliphatic imine (C=N–C) groups is 1. The predicted molar refractivity (Wildman–Crippen MR) is 122 cm³/mol. The summed E-state index contributed by atoms with van der Waals surface area (Å²) in [6.45, 7) is 1.74. The predicted octanol–water partition coefficient (Wildman–Crippen LogP) is 7.01. The lowest BCUT2D eigenvalue weighted by molar-refractivity contribution is -0.138. The van der Waals surface area contributed by atoms with Gasteiger partial charge in [-0.25, -0.2) is 4.99 Å². The summed E-state index contributed by atoms with van der Waals surface area (Å²) in [5.74, 6) is -1.30. The van der Waals surface area contributed by atoms with Crippen LogP contribution in [0.25, 0.3) is 0 Å². The van der Waals surface area contributed by atoms with Gasteiger partial charge in [0.2, 0.25) is 11.8 Å². The molecular weight excluding hydrogens is 543 g/mol. The number of hydrogen-bond donors (Lipinski definition) is 1. The number of amidine groups is 1. The summed E-state index contributed by atoms with van der Waals surface area (Å²) in [6.07, 6.45) is -9.79. The van der Waals surface area contributed by atoms with Crippen LogP contribution in [0.4, 0.5) is 37.7 Å². The number of rotatable bonds is 5. The average Bonchev–Trinajstić information content (AvgIpc) is 3.03. The van der Waals surface area contributed by atoms with Gasteiger partial charge in [-0.1, -0.05) is 35.0 Å². The van der Waals surface area contributed by atoms with Crippen LogP contribution < -0.4 is 5.32 Å². The normalized spacial score (nSPS) is 17.9. The lowest BCUT2D eigenvalue weighted by Crippen LogP contribution is -2.33. The van der Waals surface area contributed by atoms with Crippen molar-refractivity contribution in [1.82, 2.24) is 4.90 Å². The molecule has 0 spiro atoms. The minimum Gasteiger partial charge on any atom is -0.325 e. The summed E-state index contributed by atoms with van der Waals surface area (Å²) in [4.78, 5) is 30.5. The van der Waals surface area contributed by atoms with Crippen LogP contribution in [-0.2, 0) is 21.9 Å². The minimum atomic E-state index is -4.71. The Morgan fingerprint density at radius 3 is 2.31 bits per heavy atom. The molecule has 0 aromatic heterocycles. The fourth-order valence-electron chi connectivity index (χ4n) is 3.09. The van der Waals surface area contributed by atoms with Gasteiger partial charge in [0.15, 0.2) is 5.17 Å². The average molecular weight is 558 g/mol. The Labute approximate surface area is 209 Å². The van der Waals surface area contributed by atoms with Gasteiger partial charge in [0.25, 0.3) is 0 Å². The summed E-state index contributed by atoms with van der Waals surface area (Å²) in [6, 6.07) is 5.44. The second-order valence-corrected chi connectivity index (χ2v) is 9.17. The highest BCUT2D eigenvalue weighted by Gasteiger charge is 2.39. The highest BCUT2D eigenvalue weighted by atomic mass is 35.5. The van der Waals surface area contributed by atoms with Gasteiger partial charge in [0, 0.05) is 13.0 Å². The molecule has 1 aliphatic rings. The number of hydrogen-bond acceptors (Lipinski definition) is 4. The fourth-order valence-corrected chi connectivity index (χ4v) is 4.70. The third-order valence-corrected chi connectivity index (χ3v) is 6.59. The number of alkyl halides is 6. The lowest BCUT2D eigenvalue weighted by atomic mass is 10.2. The van der Waals surface area contributed by atoms with E-state index in [9.17, 15) is 35.9 Å². The molecule has 1 atom stereocenters. The van der Waals surface area contributed by atoms with Crippen LogP contribution in [-0.4, -0.2) is 33.7 Å². The van der Waals surface area contributed by atoms with Crippen molar-refractivity contribution in [2.45, 2.75) is 30.9 Å². The molecule has 2 amide bonds. The topological polar surface area (TPSA) is 61.8 Å². The highest BCUT2D eigenvalue weighted by Crippen LogP contribution is 2.38. The van der Waals surface area contributed by atoms with E-state index >= 15 is 0 Å². The summed E-state index contributed by atoms with van der Waals surface area (Å²) >= 11 is 12.3. The van der Waals surface area contributed by atoms with E-state index in [1.165, 1.54) is 11.0 Å². The smallest absolute Gasteiger partial charge is 0.325 e. The van der Waals surface area contributed by atoms with Crippen molar-refractivity contribution in [3.8, 4) is 0 Å². The third kappa shape index (κ3) is 6.42. The molecule has 2 aromatic rings. The van der Waals surface area contributed by atoms with Gasteiger partial charge in [-0.3, -0.25) is 14.5 Å². The van der Waals surface area contributed by atoms with Crippen molar-refractivity contribution < 1.29 is 35.9 Å². The maximum Gasteiger partial charge on any atom is 0.417 e. The van der Waals surface area contributed by atoms with Crippen LogP contribution >= 0.6 is 35.0 Å². The molecule has 1 fully saturated rings. The number of halogens is 8. The highest BCUT2D eigenvalue weighted by molar-refractivity contribution is 8.15. The zero-order valence-electron chi connectivity index (χ0n) is 17.6. The molecule has 1 aliphatic heterocycles. The van der Waals surface area contributed by atoms with Crippen LogP contribution in [0.1, 0.15) is 24.5 Å². The minimum absolute atomic E-state index is 0.0721. The van der Waals surface area contributed by atoms with Crippen molar-refractivity contribution in [2.24, 2.45) is 4.99 Å². The van der Waals surface area contributed by atoms with E-state index in [-0.39, 0.29) is 28.1 Å². The van der Waals surface area contributed by atoms with Gasteiger partial charge in [-0.05, 0) is 43.3 Å². The molecule has 0 radical (unpaired) electrons. The zero-order valence-corrected chi connectivity index (χ0v) is 19.9. The van der Waals surface area contributed by atoms with Crippen LogP contribution in [0, 0.1) is 0 Å². The van der Waals surface area contributed by atoms with E-state index in [2.05, 4.69) is 10.3 Å². The largest absolute Gasteiger partial charge is 0.417 e. The van der Waals surface area contributed by atoms with Crippen molar-refractivity contribution >= 4 is 63.3 Å². The molecule has 14 heteroatoms. The number of nitrogens with one attached hydrogen (secondary N) is 1. The van der Waals surface area contributed by atoms with Crippen LogP contribution in [0.5, 0.6) is 0 Å². The van der Waals surface area contributed by atoms with Crippen molar-refractivity contribution in [3.63, 3.8) is 0 Å². The first-order chi connectivity index (χ1) is 16.2. The Balaban J connectivity index is 1.79. The molecular formula is C21H15Cl2F6N3O2S. The van der Waals surface area contributed by atoms with Gasteiger partial charge in [-0.2, -0.15) is 26.3 Å². The van der Waals surface area contributed by atoms with E-state index < -0.39 is 52.0 Å². The van der Waals surface area contributed by atoms with Gasteiger partial charge >= 0.3 is 12.4 Å². The van der Waals surface area contributed by atoms with Crippen LogP contribution in [0.15, 0.2) is 41.4 Å². The van der Waals surface area contributed by atoms with E-state index in [4.69, 9.17) is 23.2 Å². The molecule has 0 bridgehead atoms. The number of benzene rings is 2. The molecule has 2 aromatic carbocycles. The van der Waals surface area contributed by atoms with Gasteiger partial charge in [0.05, 0.1) is 32.5 Å². The Morgan fingerprint density at radius 1 is 1.06 bits per heavy atom. The fraction of sp³-hybridized carbons (Fsp3) is 0.286. The Bertz CT molecular complexity index is 1190. The molecule has 1 N–H and O–H groups in total. The first-order valence-corrected chi connectivity index (χ1v) is 11.4. The van der Waals surface area contributed by atoms with Gasteiger partial charge < -0.3 is 5.32 Å². The lowest BCUT2D eigenvalue weighted by Gasteiger charge is -2.14. The standard InChI is InChI=1S/C21H15Cl2F6N3O2S/c1-2-32-18(34)16(9-17(33)31-15-7-10(20(24,25)26)3-5-14(15)23)35-19(32)30-11-4-6-13(22)12(8-11)21(27,28)29/h3-8,16H,2,9H2,1H3,(H,31,33). The third-order valence-electron chi connectivity index (χ3n) is 4.75. The number of nitrogens with zero attached hydrogens (tertiary/aromatic N) is 2. The molecule has 188 valence electrons. The van der Waals surface area contributed by atoms with Gasteiger partial charge in [0.1, 0.15) is 5.25 Å². The molecule has 5 nitrogen and oxygen atoms in total. The SMILES string of the molecule is CCN1C(=O)C(CC(=O)Nc2cc(C(F)(F)F)ccc2Cl)SC1=Nc1ccc(Cl)c(C(F)(F)F)c1. The Morgan fingerprint density at radius 2 is 1.71 bits per heavy atom. The maximum absolute atomic E-state index is 13.1. The molecule has 35 heavy (non-hydrogen) atoms. The molecule has 1 heterocycles. The van der Waals surface area contributed by atoms with Crippen LogP contribution in [0.3, 0.4) is 0 Å². The molecule has 1 saturated heterocycles. The van der Waals surface area contributed by atoms with Crippen molar-refractivity contribution in [3.05, 3.63) is 57.6 Å². The van der Waals surface area contributed by atoms with E-state index in [1.54, 1.807) is 6.92 Å². The molecule has 3 rings (SSSR count). The number of anilines is 1. The summed E-state index contributed by atoms with van der Waals surface area (Å²) < 4.78 is 78.2. The van der Waals surface area contributed by atoms with Gasteiger partial charge in [-0.15, -0.1) is 0 Å². The monoisotopic (exact) mass is 557 g/mol. The van der Waals surface area contributed by atoms with E-state index in [0.29, 0.717) is 6.07 Å². The quantitative estimate of drug-likeness (QED) is 0.402. The Kier molecular flexibility index (Phi) is 7.97. The number of thioether (sulfide) groups is 1. The zero-order chi connectivity index (χ0) is 26.1. The number of carbonyl (C=O) groups excluding carboxylic acids is 2. The summed E-state index contributed by atoms with van der Waals surface area (Å²) in [5.41, 5.74) is -2.48. The van der Waals surface area contributed by atoms with E-state index in [0.717, 1.165) is 36.0 Å². The molecule has 1 unspecified atom stereocenters. The second kappa shape index (κ2) is 10.3. The summed E-state index contributed by atoms with van der Waals surface area (Å²) in [5, 5.41) is 0.707. The first-order valence-electron chi connectivity index (χ1n) is 9.80. The van der Waals surface area contributed by atoms with Crippen LogP contribution in [0.2, 0.25) is 10.0 Å². The number of carbonyl (C=O) groups is 2. The first kappa shape index (κ1) is 27.2. The summed E-state index contributed by atoms with van der Waals surface area (Å²) in [7, 11) is 0. The molecule has 0 saturated carbocycles. The van der Waals surface area contributed by atoms with Crippen molar-refractivity contribution in [2.75, 3.05) is 11.9 Å². The Hall–Kier alpha value is -2.44.